The average molecular weight is 689 g/mol. The van der Waals surface area contributed by atoms with Gasteiger partial charge < -0.3 is 0 Å². The summed E-state index contributed by atoms with van der Waals surface area (Å²) in [5, 5.41) is 12.9. The molecule has 0 aliphatic rings. The minimum absolute atomic E-state index is 1.21. The van der Waals surface area contributed by atoms with E-state index < -0.39 is 0 Å². The second-order valence-electron chi connectivity index (χ2n) is 13.9. The van der Waals surface area contributed by atoms with Crippen molar-refractivity contribution in [3.05, 3.63) is 194 Å². The molecule has 0 radical (unpaired) electrons. The highest BCUT2D eigenvalue weighted by atomic mass is 32.1. The lowest BCUT2D eigenvalue weighted by molar-refractivity contribution is 1.60. The first-order chi connectivity index (χ1) is 26.3. The Morgan fingerprint density at radius 2 is 0.755 bits per heavy atom. The molecular weight excluding hydrogens is 657 g/mol. The van der Waals surface area contributed by atoms with Crippen molar-refractivity contribution < 1.29 is 0 Å². The van der Waals surface area contributed by atoms with Gasteiger partial charge in [0.25, 0.3) is 0 Å². The Morgan fingerprint density at radius 1 is 0.264 bits per heavy atom. The van der Waals surface area contributed by atoms with Gasteiger partial charge in [0.1, 0.15) is 0 Å². The lowest BCUT2D eigenvalue weighted by atomic mass is 9.84. The zero-order valence-corrected chi connectivity index (χ0v) is 29.7. The first-order valence-corrected chi connectivity index (χ1v) is 19.1. The van der Waals surface area contributed by atoms with E-state index in [1.54, 1.807) is 0 Å². The molecule has 0 amide bonds. The van der Waals surface area contributed by atoms with Gasteiger partial charge in [-0.25, -0.2) is 0 Å². The molecule has 0 aliphatic heterocycles. The molecular formula is C52H32S. The van der Waals surface area contributed by atoms with Gasteiger partial charge in [0.05, 0.1) is 0 Å². The number of fused-ring (bicyclic) bond motifs is 8. The van der Waals surface area contributed by atoms with Crippen molar-refractivity contribution in [3.8, 4) is 44.5 Å². The Labute approximate surface area is 311 Å². The van der Waals surface area contributed by atoms with Crippen LogP contribution < -0.4 is 0 Å². The van der Waals surface area contributed by atoms with Gasteiger partial charge >= 0.3 is 0 Å². The summed E-state index contributed by atoms with van der Waals surface area (Å²) in [6.07, 6.45) is 0. The van der Waals surface area contributed by atoms with Crippen LogP contribution in [0.25, 0.3) is 108 Å². The average Bonchev–Trinajstić information content (AvgIpc) is 3.62. The molecule has 53 heavy (non-hydrogen) atoms. The third kappa shape index (κ3) is 4.68. The SMILES string of the molecule is c1ccc(-c2cc3ccccc3c3ccccc23)c(-c2ccc(-c3c4ccccc4c(-c4cccc5sc6ccccc6c45)c4ccccc34)cc2)c1. The van der Waals surface area contributed by atoms with Gasteiger partial charge in [-0.15, -0.1) is 11.3 Å². The molecule has 1 heteroatoms. The van der Waals surface area contributed by atoms with E-state index in [0.717, 1.165) is 0 Å². The molecule has 0 nitrogen and oxygen atoms in total. The third-order valence-corrected chi connectivity index (χ3v) is 12.2. The highest BCUT2D eigenvalue weighted by molar-refractivity contribution is 7.26. The Kier molecular flexibility index (Phi) is 6.83. The normalized spacial score (nSPS) is 11.8. The van der Waals surface area contributed by atoms with E-state index in [1.165, 1.54) is 108 Å². The van der Waals surface area contributed by atoms with Crippen LogP contribution in [-0.4, -0.2) is 0 Å². The number of benzene rings is 10. The Bertz CT molecular complexity index is 3160. The number of thiophene rings is 1. The predicted molar refractivity (Wildman–Crippen MR) is 231 cm³/mol. The maximum absolute atomic E-state index is 2.37. The minimum atomic E-state index is 1.21. The zero-order chi connectivity index (χ0) is 34.9. The van der Waals surface area contributed by atoms with Crippen LogP contribution in [0.2, 0.25) is 0 Å². The minimum Gasteiger partial charge on any atom is -0.135 e. The second kappa shape index (κ2) is 12.0. The molecule has 0 N–H and O–H groups in total. The fraction of sp³-hybridized carbons (Fsp3) is 0. The molecule has 0 saturated heterocycles. The van der Waals surface area contributed by atoms with E-state index in [-0.39, 0.29) is 0 Å². The summed E-state index contributed by atoms with van der Waals surface area (Å²) in [7, 11) is 0. The Morgan fingerprint density at radius 3 is 1.47 bits per heavy atom. The van der Waals surface area contributed by atoms with Gasteiger partial charge in [0.2, 0.25) is 0 Å². The van der Waals surface area contributed by atoms with Crippen LogP contribution in [0.1, 0.15) is 0 Å². The highest BCUT2D eigenvalue weighted by Crippen LogP contribution is 2.48. The first-order valence-electron chi connectivity index (χ1n) is 18.3. The molecule has 11 aromatic rings. The molecule has 0 aliphatic carbocycles. The highest BCUT2D eigenvalue weighted by Gasteiger charge is 2.20. The summed E-state index contributed by atoms with van der Waals surface area (Å²) in [6, 6.07) is 71.7. The van der Waals surface area contributed by atoms with Crippen molar-refractivity contribution in [3.63, 3.8) is 0 Å². The maximum atomic E-state index is 2.37. The molecule has 11 rings (SSSR count). The smallest absolute Gasteiger partial charge is 0.0361 e. The lowest BCUT2D eigenvalue weighted by Gasteiger charge is -2.19. The lowest BCUT2D eigenvalue weighted by Crippen LogP contribution is -1.92. The molecule has 0 bridgehead atoms. The Balaban J connectivity index is 1.11. The van der Waals surface area contributed by atoms with Crippen LogP contribution in [0.5, 0.6) is 0 Å². The molecule has 1 aromatic heterocycles. The monoisotopic (exact) mass is 688 g/mol. The molecule has 0 saturated carbocycles. The standard InChI is InChI=1S/C52H32S/c1-2-16-37-35(14-1)32-47(40-19-6-5-17-38(37)40)39-18-4-3-15-36(39)33-28-30-34(31-29-33)50-41-20-7-9-22-43(41)51(44-23-10-8-21-42(44)50)46-25-13-27-49-52(46)45-24-11-12-26-48(45)53-49/h1-32H. The van der Waals surface area contributed by atoms with Crippen molar-refractivity contribution >= 4 is 74.6 Å². The summed E-state index contributed by atoms with van der Waals surface area (Å²) in [5.41, 5.74) is 10.1. The largest absolute Gasteiger partial charge is 0.135 e. The molecule has 246 valence electrons. The van der Waals surface area contributed by atoms with E-state index in [1.807, 2.05) is 11.3 Å². The zero-order valence-electron chi connectivity index (χ0n) is 28.9. The quantitative estimate of drug-likeness (QED) is 0.128. The van der Waals surface area contributed by atoms with Crippen LogP contribution in [0.4, 0.5) is 0 Å². The molecule has 10 aromatic carbocycles. The summed E-state index contributed by atoms with van der Waals surface area (Å²) in [5.74, 6) is 0. The maximum Gasteiger partial charge on any atom is 0.0361 e. The Hall–Kier alpha value is -6.54. The third-order valence-electron chi connectivity index (χ3n) is 11.1. The van der Waals surface area contributed by atoms with Gasteiger partial charge in [-0.2, -0.15) is 0 Å². The summed E-state index contributed by atoms with van der Waals surface area (Å²) in [6.45, 7) is 0. The molecule has 0 unspecified atom stereocenters. The van der Waals surface area contributed by atoms with Gasteiger partial charge in [-0.05, 0) is 106 Å². The van der Waals surface area contributed by atoms with E-state index >= 15 is 0 Å². The molecule has 0 atom stereocenters. The van der Waals surface area contributed by atoms with Crippen molar-refractivity contribution in [1.82, 2.24) is 0 Å². The van der Waals surface area contributed by atoms with Crippen LogP contribution in [0, 0.1) is 0 Å². The topological polar surface area (TPSA) is 0 Å². The van der Waals surface area contributed by atoms with Crippen LogP contribution in [0.15, 0.2) is 194 Å². The predicted octanol–water partition coefficient (Wildman–Crippen LogP) is 15.3. The first kappa shape index (κ1) is 30.1. The summed E-state index contributed by atoms with van der Waals surface area (Å²) in [4.78, 5) is 0. The van der Waals surface area contributed by atoms with E-state index in [9.17, 15) is 0 Å². The summed E-state index contributed by atoms with van der Waals surface area (Å²) >= 11 is 1.88. The molecule has 0 fully saturated rings. The fourth-order valence-corrected chi connectivity index (χ4v) is 9.91. The molecule has 1 heterocycles. The number of rotatable bonds is 4. The molecule has 0 spiro atoms. The van der Waals surface area contributed by atoms with Gasteiger partial charge in [-0.1, -0.05) is 176 Å². The van der Waals surface area contributed by atoms with E-state index in [2.05, 4.69) is 194 Å². The summed E-state index contributed by atoms with van der Waals surface area (Å²) < 4.78 is 2.66. The number of hydrogen-bond donors (Lipinski definition) is 0. The van der Waals surface area contributed by atoms with Gasteiger partial charge in [0, 0.05) is 20.2 Å². The van der Waals surface area contributed by atoms with E-state index in [4.69, 9.17) is 0 Å². The fourth-order valence-electron chi connectivity index (χ4n) is 8.78. The van der Waals surface area contributed by atoms with Crippen LogP contribution >= 0.6 is 11.3 Å². The van der Waals surface area contributed by atoms with Crippen molar-refractivity contribution in [2.75, 3.05) is 0 Å². The van der Waals surface area contributed by atoms with Crippen molar-refractivity contribution in [2.24, 2.45) is 0 Å². The van der Waals surface area contributed by atoms with E-state index in [0.29, 0.717) is 0 Å². The second-order valence-corrected chi connectivity index (χ2v) is 15.0. The van der Waals surface area contributed by atoms with Gasteiger partial charge in [-0.3, -0.25) is 0 Å². The van der Waals surface area contributed by atoms with Crippen molar-refractivity contribution in [1.29, 1.82) is 0 Å². The number of hydrogen-bond acceptors (Lipinski definition) is 1. The van der Waals surface area contributed by atoms with Crippen molar-refractivity contribution in [2.45, 2.75) is 0 Å². The van der Waals surface area contributed by atoms with Crippen LogP contribution in [0.3, 0.4) is 0 Å². The van der Waals surface area contributed by atoms with Crippen LogP contribution in [-0.2, 0) is 0 Å². The van der Waals surface area contributed by atoms with Gasteiger partial charge in [0.15, 0.2) is 0 Å².